The van der Waals surface area contributed by atoms with Crippen LogP contribution in [0, 0.1) is 12.3 Å². The second-order valence-electron chi connectivity index (χ2n) is 10.2. The average Bonchev–Trinajstić information content (AvgIpc) is 3.49. The standard InChI is InChI=1S/C37H27N3O2/c1-2-21-41-34-19-17-28-10-5-7-13-32(28)36(34)37-33-14-8-6-11-29(33)18-20-35(37)42-25-31-24-40(39-38-31)23-26-15-16-27-9-3-4-12-30(27)22-26/h1,3-20,22,24H,21,23,25H2. The van der Waals surface area contributed by atoms with Crippen molar-refractivity contribution in [1.29, 1.82) is 0 Å². The molecule has 5 nitrogen and oxygen atoms in total. The minimum atomic E-state index is 0.173. The summed E-state index contributed by atoms with van der Waals surface area (Å²) in [5.74, 6) is 4.05. The van der Waals surface area contributed by atoms with Crippen molar-refractivity contribution in [3.05, 3.63) is 133 Å². The van der Waals surface area contributed by atoms with Crippen LogP contribution in [0.4, 0.5) is 0 Å². The van der Waals surface area contributed by atoms with E-state index in [4.69, 9.17) is 15.9 Å². The molecular formula is C37H27N3O2. The van der Waals surface area contributed by atoms with E-state index in [9.17, 15) is 0 Å². The highest BCUT2D eigenvalue weighted by Gasteiger charge is 2.19. The maximum Gasteiger partial charge on any atom is 0.148 e. The molecule has 0 N–H and O–H groups in total. The Labute approximate surface area is 243 Å². The highest BCUT2D eigenvalue weighted by Crippen LogP contribution is 2.45. The molecule has 6 aromatic carbocycles. The molecule has 0 spiro atoms. The maximum absolute atomic E-state index is 6.50. The third-order valence-corrected chi connectivity index (χ3v) is 7.46. The Morgan fingerprint density at radius 1 is 0.643 bits per heavy atom. The number of ether oxygens (including phenoxy) is 2. The van der Waals surface area contributed by atoms with Crippen molar-refractivity contribution in [2.24, 2.45) is 0 Å². The van der Waals surface area contributed by atoms with E-state index in [1.54, 1.807) is 0 Å². The Balaban J connectivity index is 1.24. The van der Waals surface area contributed by atoms with Crippen LogP contribution in [0.1, 0.15) is 11.3 Å². The molecule has 0 atom stereocenters. The topological polar surface area (TPSA) is 49.2 Å². The molecule has 202 valence electrons. The molecule has 7 aromatic rings. The summed E-state index contributed by atoms with van der Waals surface area (Å²) >= 11 is 0. The molecule has 0 aliphatic heterocycles. The molecule has 5 heteroatoms. The molecule has 42 heavy (non-hydrogen) atoms. The molecule has 7 rings (SSSR count). The minimum absolute atomic E-state index is 0.173. The summed E-state index contributed by atoms with van der Waals surface area (Å²) < 4.78 is 14.4. The van der Waals surface area contributed by atoms with E-state index in [-0.39, 0.29) is 13.2 Å². The van der Waals surface area contributed by atoms with Gasteiger partial charge in [-0.3, -0.25) is 0 Å². The molecule has 1 aromatic heterocycles. The molecule has 0 fully saturated rings. The Morgan fingerprint density at radius 3 is 1.93 bits per heavy atom. The van der Waals surface area contributed by atoms with E-state index in [1.165, 1.54) is 16.3 Å². The fourth-order valence-corrected chi connectivity index (χ4v) is 5.54. The Hall–Kier alpha value is -5.60. The Bertz CT molecular complexity index is 2100. The average molecular weight is 546 g/mol. The van der Waals surface area contributed by atoms with Gasteiger partial charge in [0.05, 0.1) is 12.7 Å². The summed E-state index contributed by atoms with van der Waals surface area (Å²) in [6.45, 7) is 1.08. The SMILES string of the molecule is C#CCOc1ccc2ccccc2c1-c1c(OCc2cn(Cc3ccc4ccccc4c3)nn2)ccc2ccccc12. The van der Waals surface area contributed by atoms with Crippen LogP contribution in [0.2, 0.25) is 0 Å². The highest BCUT2D eigenvalue weighted by atomic mass is 16.5. The number of hydrogen-bond acceptors (Lipinski definition) is 4. The number of rotatable bonds is 8. The van der Waals surface area contributed by atoms with Crippen molar-refractivity contribution < 1.29 is 9.47 Å². The van der Waals surface area contributed by atoms with E-state index >= 15 is 0 Å². The van der Waals surface area contributed by atoms with Crippen molar-refractivity contribution in [2.45, 2.75) is 13.2 Å². The number of aromatic nitrogens is 3. The second kappa shape index (κ2) is 11.1. The number of terminal acetylenes is 1. The van der Waals surface area contributed by atoms with Crippen LogP contribution in [0.3, 0.4) is 0 Å². The zero-order chi connectivity index (χ0) is 28.3. The molecule has 0 unspecified atom stereocenters. The lowest BCUT2D eigenvalue weighted by Gasteiger charge is -2.19. The van der Waals surface area contributed by atoms with Gasteiger partial charge >= 0.3 is 0 Å². The largest absolute Gasteiger partial charge is 0.486 e. The summed E-state index contributed by atoms with van der Waals surface area (Å²) in [6.07, 6.45) is 7.51. The van der Waals surface area contributed by atoms with Crippen LogP contribution in [0.5, 0.6) is 11.5 Å². The van der Waals surface area contributed by atoms with Crippen LogP contribution < -0.4 is 9.47 Å². The Kier molecular flexibility index (Phi) is 6.71. The van der Waals surface area contributed by atoms with Crippen molar-refractivity contribution in [1.82, 2.24) is 15.0 Å². The van der Waals surface area contributed by atoms with Gasteiger partial charge in [0.25, 0.3) is 0 Å². The van der Waals surface area contributed by atoms with Crippen LogP contribution in [-0.2, 0) is 13.2 Å². The molecule has 0 amide bonds. The quantitative estimate of drug-likeness (QED) is 0.181. The predicted molar refractivity (Wildman–Crippen MR) is 169 cm³/mol. The minimum Gasteiger partial charge on any atom is -0.486 e. The molecule has 1 heterocycles. The lowest BCUT2D eigenvalue weighted by Crippen LogP contribution is -2.01. The summed E-state index contributed by atoms with van der Waals surface area (Å²) in [7, 11) is 0. The molecule has 0 radical (unpaired) electrons. The number of nitrogens with zero attached hydrogens (tertiary/aromatic N) is 3. The van der Waals surface area contributed by atoms with E-state index < -0.39 is 0 Å². The molecule has 0 aliphatic carbocycles. The smallest absolute Gasteiger partial charge is 0.148 e. The van der Waals surface area contributed by atoms with Gasteiger partial charge < -0.3 is 9.47 Å². The van der Waals surface area contributed by atoms with Gasteiger partial charge in [-0.2, -0.15) is 0 Å². The van der Waals surface area contributed by atoms with E-state index in [0.717, 1.165) is 44.1 Å². The van der Waals surface area contributed by atoms with Crippen molar-refractivity contribution >= 4 is 32.3 Å². The Morgan fingerprint density at radius 2 is 1.24 bits per heavy atom. The van der Waals surface area contributed by atoms with Gasteiger partial charge in [-0.1, -0.05) is 108 Å². The molecule has 0 saturated carbocycles. The monoisotopic (exact) mass is 545 g/mol. The third kappa shape index (κ3) is 4.91. The van der Waals surface area contributed by atoms with E-state index in [0.29, 0.717) is 12.3 Å². The van der Waals surface area contributed by atoms with Gasteiger partial charge in [-0.05, 0) is 56.1 Å². The highest BCUT2D eigenvalue weighted by molar-refractivity contribution is 6.09. The van der Waals surface area contributed by atoms with E-state index in [1.807, 2.05) is 47.3 Å². The molecule has 0 aliphatic rings. The molecule has 0 saturated heterocycles. The first-order valence-electron chi connectivity index (χ1n) is 13.9. The van der Waals surface area contributed by atoms with E-state index in [2.05, 4.69) is 95.1 Å². The summed E-state index contributed by atoms with van der Waals surface area (Å²) in [4.78, 5) is 0. The first-order chi connectivity index (χ1) is 20.8. The fraction of sp³-hybridized carbons (Fsp3) is 0.0811. The maximum atomic E-state index is 6.50. The molecule has 0 bridgehead atoms. The zero-order valence-corrected chi connectivity index (χ0v) is 22.9. The first kappa shape index (κ1) is 25.4. The van der Waals surface area contributed by atoms with Gasteiger partial charge in [0.2, 0.25) is 0 Å². The van der Waals surface area contributed by atoms with Gasteiger partial charge in [0.1, 0.15) is 30.4 Å². The van der Waals surface area contributed by atoms with Crippen molar-refractivity contribution in [3.8, 4) is 35.0 Å². The summed E-state index contributed by atoms with van der Waals surface area (Å²) in [6, 6.07) is 39.5. The van der Waals surface area contributed by atoms with Crippen molar-refractivity contribution in [3.63, 3.8) is 0 Å². The van der Waals surface area contributed by atoms with Gasteiger partial charge in [0.15, 0.2) is 0 Å². The first-order valence-corrected chi connectivity index (χ1v) is 13.9. The normalized spacial score (nSPS) is 11.1. The van der Waals surface area contributed by atoms with Crippen LogP contribution >= 0.6 is 0 Å². The summed E-state index contributed by atoms with van der Waals surface area (Å²) in [5.41, 5.74) is 3.82. The third-order valence-electron chi connectivity index (χ3n) is 7.46. The predicted octanol–water partition coefficient (Wildman–Crippen LogP) is 8.04. The number of benzene rings is 6. The van der Waals surface area contributed by atoms with Crippen LogP contribution in [0.25, 0.3) is 43.4 Å². The van der Waals surface area contributed by atoms with Crippen LogP contribution in [-0.4, -0.2) is 21.6 Å². The van der Waals surface area contributed by atoms with Gasteiger partial charge in [0, 0.05) is 11.1 Å². The van der Waals surface area contributed by atoms with Gasteiger partial charge in [-0.25, -0.2) is 4.68 Å². The number of hydrogen-bond donors (Lipinski definition) is 0. The molecular weight excluding hydrogens is 518 g/mol. The lowest BCUT2D eigenvalue weighted by atomic mass is 9.92. The van der Waals surface area contributed by atoms with Crippen molar-refractivity contribution in [2.75, 3.05) is 6.61 Å². The zero-order valence-electron chi connectivity index (χ0n) is 22.9. The second-order valence-corrected chi connectivity index (χ2v) is 10.2. The van der Waals surface area contributed by atoms with Crippen LogP contribution in [0.15, 0.2) is 121 Å². The number of fused-ring (bicyclic) bond motifs is 3. The summed E-state index contributed by atoms with van der Waals surface area (Å²) in [5, 5.41) is 15.6. The lowest BCUT2D eigenvalue weighted by molar-refractivity contribution is 0.302. The fourth-order valence-electron chi connectivity index (χ4n) is 5.54. The van der Waals surface area contributed by atoms with Gasteiger partial charge in [-0.15, -0.1) is 11.5 Å².